The van der Waals surface area contributed by atoms with Crippen molar-refractivity contribution in [1.29, 1.82) is 0 Å². The van der Waals surface area contributed by atoms with Gasteiger partial charge in [-0.05, 0) is 73.2 Å². The lowest BCUT2D eigenvalue weighted by Crippen LogP contribution is -2.16. The van der Waals surface area contributed by atoms with E-state index in [2.05, 4.69) is 5.32 Å². The number of pyridine rings is 1. The Balaban J connectivity index is 1.60. The number of amides is 1. The van der Waals surface area contributed by atoms with Crippen molar-refractivity contribution in [1.82, 2.24) is 4.98 Å². The molecule has 1 N–H and O–H groups in total. The van der Waals surface area contributed by atoms with Crippen molar-refractivity contribution in [2.75, 3.05) is 11.9 Å². The largest absolute Gasteiger partial charge is 0.462 e. The van der Waals surface area contributed by atoms with Gasteiger partial charge in [-0.2, -0.15) is 0 Å². The number of hydrogen-bond donors (Lipinski definition) is 1. The van der Waals surface area contributed by atoms with E-state index < -0.39 is 0 Å². The maximum atomic E-state index is 13.2. The Morgan fingerprint density at radius 1 is 1.13 bits per heavy atom. The normalized spacial score (nSPS) is 12.8. The Kier molecular flexibility index (Phi) is 5.73. The summed E-state index contributed by atoms with van der Waals surface area (Å²) in [6.45, 7) is 4.34. The monoisotopic (exact) mass is 422 g/mol. The molecule has 1 aliphatic carbocycles. The van der Waals surface area contributed by atoms with Crippen LogP contribution in [0, 0.1) is 5.92 Å². The van der Waals surface area contributed by atoms with Gasteiger partial charge in [-0.25, -0.2) is 4.79 Å². The van der Waals surface area contributed by atoms with Crippen molar-refractivity contribution in [3.63, 3.8) is 0 Å². The van der Waals surface area contributed by atoms with Gasteiger partial charge in [-0.15, -0.1) is 0 Å². The summed E-state index contributed by atoms with van der Waals surface area (Å²) in [5.74, 6) is -0.287. The van der Waals surface area contributed by atoms with Crippen LogP contribution in [-0.4, -0.2) is 23.5 Å². The number of aromatic nitrogens is 1. The fourth-order valence-electron chi connectivity index (χ4n) is 3.70. The minimum atomic E-state index is -0.367. The van der Waals surface area contributed by atoms with E-state index >= 15 is 0 Å². The average molecular weight is 423 g/mol. The molecule has 3 aromatic rings. The van der Waals surface area contributed by atoms with Gasteiger partial charge in [0.15, 0.2) is 0 Å². The molecule has 0 bridgehead atoms. The van der Waals surface area contributed by atoms with Crippen LogP contribution in [0.1, 0.15) is 52.2 Å². The van der Waals surface area contributed by atoms with Gasteiger partial charge in [0.25, 0.3) is 5.91 Å². The summed E-state index contributed by atoms with van der Waals surface area (Å²) >= 11 is 6.20. The van der Waals surface area contributed by atoms with Crippen molar-refractivity contribution in [3.05, 3.63) is 69.9 Å². The van der Waals surface area contributed by atoms with Crippen LogP contribution in [0.25, 0.3) is 10.9 Å². The van der Waals surface area contributed by atoms with E-state index in [4.69, 9.17) is 21.3 Å². The van der Waals surface area contributed by atoms with E-state index in [1.165, 1.54) is 0 Å². The molecule has 2 aromatic carbocycles. The van der Waals surface area contributed by atoms with E-state index in [9.17, 15) is 9.59 Å². The van der Waals surface area contributed by atoms with Gasteiger partial charge in [0.1, 0.15) is 0 Å². The molecule has 1 amide bonds. The van der Waals surface area contributed by atoms with Crippen molar-refractivity contribution >= 4 is 40.1 Å². The number of benzene rings is 2. The first-order valence-electron chi connectivity index (χ1n) is 10.1. The summed E-state index contributed by atoms with van der Waals surface area (Å²) in [6.07, 6.45) is 2.69. The molecule has 0 aliphatic heterocycles. The first-order valence-corrected chi connectivity index (χ1v) is 10.5. The molecule has 5 nitrogen and oxygen atoms in total. The summed E-state index contributed by atoms with van der Waals surface area (Å²) in [7, 11) is 0. The fraction of sp³-hybridized carbons (Fsp3) is 0.292. The molecule has 154 valence electrons. The lowest BCUT2D eigenvalue weighted by Gasteiger charge is -2.13. The topological polar surface area (TPSA) is 68.3 Å². The van der Waals surface area contributed by atoms with Crippen LogP contribution in [0.2, 0.25) is 5.02 Å². The zero-order chi connectivity index (χ0) is 21.3. The quantitative estimate of drug-likeness (QED) is 0.555. The number of fused-ring (bicyclic) bond motifs is 2. The molecule has 0 unspecified atom stereocenters. The molecule has 0 atom stereocenters. The van der Waals surface area contributed by atoms with Crippen molar-refractivity contribution in [2.45, 2.75) is 33.1 Å². The second-order valence-electron chi connectivity index (χ2n) is 7.95. The zero-order valence-electron chi connectivity index (χ0n) is 17.0. The van der Waals surface area contributed by atoms with Gasteiger partial charge in [0, 0.05) is 21.8 Å². The number of anilines is 1. The van der Waals surface area contributed by atoms with E-state index in [-0.39, 0.29) is 17.8 Å². The fourth-order valence-corrected chi connectivity index (χ4v) is 3.87. The number of nitrogens with zero attached hydrogens (tertiary/aromatic N) is 1. The molecular weight excluding hydrogens is 400 g/mol. The number of carbonyl (C=O) groups excluding carboxylic acids is 2. The van der Waals surface area contributed by atoms with Crippen LogP contribution < -0.4 is 5.32 Å². The van der Waals surface area contributed by atoms with Gasteiger partial charge in [0.05, 0.1) is 23.3 Å². The van der Waals surface area contributed by atoms with Gasteiger partial charge >= 0.3 is 5.97 Å². The Labute approximate surface area is 180 Å². The predicted octanol–water partition coefficient (Wildman–Crippen LogP) is 5.44. The molecular formula is C24H23ClN2O3. The number of rotatable bonds is 5. The van der Waals surface area contributed by atoms with Crippen LogP contribution in [0.4, 0.5) is 5.69 Å². The Bertz CT molecular complexity index is 1120. The first-order chi connectivity index (χ1) is 14.4. The minimum absolute atomic E-state index is 0.196. The van der Waals surface area contributed by atoms with Crippen molar-refractivity contribution in [3.8, 4) is 0 Å². The summed E-state index contributed by atoms with van der Waals surface area (Å²) in [5, 5.41) is 4.28. The number of aryl methyl sites for hydroxylation is 1. The number of nitrogens with one attached hydrogen (secondary N) is 1. The zero-order valence-corrected chi connectivity index (χ0v) is 17.8. The minimum Gasteiger partial charge on any atom is -0.462 e. The van der Waals surface area contributed by atoms with Crippen LogP contribution in [0.3, 0.4) is 0 Å². The number of carbonyl (C=O) groups is 2. The number of ether oxygens (including phenoxy) is 1. The van der Waals surface area contributed by atoms with E-state index in [0.717, 1.165) is 41.4 Å². The summed E-state index contributed by atoms with van der Waals surface area (Å²) in [5.41, 5.74) is 4.45. The van der Waals surface area contributed by atoms with Crippen LogP contribution in [-0.2, 0) is 17.6 Å². The van der Waals surface area contributed by atoms with Crippen LogP contribution >= 0.6 is 11.6 Å². The second kappa shape index (κ2) is 8.44. The maximum Gasteiger partial charge on any atom is 0.338 e. The highest BCUT2D eigenvalue weighted by Gasteiger charge is 2.24. The number of esters is 1. The number of halogens is 1. The molecule has 30 heavy (non-hydrogen) atoms. The Morgan fingerprint density at radius 2 is 1.90 bits per heavy atom. The van der Waals surface area contributed by atoms with E-state index in [0.29, 0.717) is 28.4 Å². The molecule has 0 saturated carbocycles. The molecule has 1 aliphatic rings. The summed E-state index contributed by atoms with van der Waals surface area (Å²) < 4.78 is 5.24. The third kappa shape index (κ3) is 4.17. The average Bonchev–Trinajstić information content (AvgIpc) is 3.18. The van der Waals surface area contributed by atoms with Crippen molar-refractivity contribution < 1.29 is 14.3 Å². The Hall–Kier alpha value is -2.92. The molecule has 4 rings (SSSR count). The Morgan fingerprint density at radius 3 is 2.63 bits per heavy atom. The smallest absolute Gasteiger partial charge is 0.338 e. The lowest BCUT2D eigenvalue weighted by atomic mass is 10.0. The number of hydrogen-bond acceptors (Lipinski definition) is 4. The van der Waals surface area contributed by atoms with E-state index in [1.54, 1.807) is 36.4 Å². The highest BCUT2D eigenvalue weighted by atomic mass is 35.5. The van der Waals surface area contributed by atoms with Gasteiger partial charge in [-0.1, -0.05) is 25.4 Å². The van der Waals surface area contributed by atoms with Crippen LogP contribution in [0.5, 0.6) is 0 Å². The molecule has 0 spiro atoms. The first kappa shape index (κ1) is 20.4. The third-order valence-corrected chi connectivity index (χ3v) is 5.36. The van der Waals surface area contributed by atoms with Gasteiger partial charge < -0.3 is 10.1 Å². The molecule has 0 saturated heterocycles. The summed E-state index contributed by atoms with van der Waals surface area (Å²) in [4.78, 5) is 30.0. The van der Waals surface area contributed by atoms with Gasteiger partial charge in [0.2, 0.25) is 0 Å². The SMILES string of the molecule is CC(C)COC(=O)c1ccc(NC(=O)c2c3c(nc4ccc(Cl)cc24)CCC3)cc1. The standard InChI is InChI=1S/C24H23ClN2O3/c1-14(2)13-30-24(29)15-6-9-17(10-7-15)26-23(28)22-18-4-3-5-20(18)27-21-11-8-16(25)12-19(21)22/h6-12,14H,3-5,13H2,1-2H3,(H,26,28). The van der Waals surface area contributed by atoms with Gasteiger partial charge in [-0.3, -0.25) is 9.78 Å². The molecule has 6 heteroatoms. The predicted molar refractivity (Wildman–Crippen MR) is 118 cm³/mol. The maximum absolute atomic E-state index is 13.2. The molecule has 1 aromatic heterocycles. The third-order valence-electron chi connectivity index (χ3n) is 5.13. The van der Waals surface area contributed by atoms with E-state index in [1.807, 2.05) is 19.9 Å². The lowest BCUT2D eigenvalue weighted by molar-refractivity contribution is 0.0459. The highest BCUT2D eigenvalue weighted by Crippen LogP contribution is 2.32. The van der Waals surface area contributed by atoms with Crippen LogP contribution in [0.15, 0.2) is 42.5 Å². The molecule has 0 fully saturated rings. The second-order valence-corrected chi connectivity index (χ2v) is 8.39. The molecule has 0 radical (unpaired) electrons. The summed E-state index contributed by atoms with van der Waals surface area (Å²) in [6, 6.07) is 12.2. The van der Waals surface area contributed by atoms with Crippen molar-refractivity contribution in [2.24, 2.45) is 5.92 Å². The highest BCUT2D eigenvalue weighted by molar-refractivity contribution is 6.31. The molecule has 1 heterocycles.